The lowest BCUT2D eigenvalue weighted by molar-refractivity contribution is 0.0881. The Morgan fingerprint density at radius 1 is 1.33 bits per heavy atom. The molecular weight excluding hydrogens is 246 g/mol. The molecule has 0 aliphatic carbocycles. The molecule has 5 heteroatoms. The van der Waals surface area contributed by atoms with Crippen LogP contribution in [0, 0.1) is 13.8 Å². The first-order valence-corrected chi connectivity index (χ1v) is 6.96. The predicted molar refractivity (Wildman–Crippen MR) is 76.0 cm³/mol. The van der Waals surface area contributed by atoms with Crippen LogP contribution in [0.3, 0.4) is 0 Å². The molecule has 2 aromatic rings. The summed E-state index contributed by atoms with van der Waals surface area (Å²) in [5.74, 6) is 1.26. The van der Waals surface area contributed by atoms with Crippen molar-refractivity contribution >= 4 is 27.4 Å². The Balaban J connectivity index is 2.55. The summed E-state index contributed by atoms with van der Waals surface area (Å²) in [5.41, 5.74) is 7.24. The Labute approximate surface area is 111 Å². The van der Waals surface area contributed by atoms with Crippen LogP contribution in [0.5, 0.6) is 0 Å². The fraction of sp³-hybridized carbons (Fsp3) is 0.538. The van der Waals surface area contributed by atoms with Gasteiger partial charge in [0.25, 0.3) is 0 Å². The number of anilines is 1. The number of rotatable bonds is 4. The molecule has 0 radical (unpaired) electrons. The molecule has 0 bridgehead atoms. The molecule has 1 unspecified atom stereocenters. The van der Waals surface area contributed by atoms with Crippen molar-refractivity contribution in [3.8, 4) is 0 Å². The predicted octanol–water partition coefficient (Wildman–Crippen LogP) is 3.38. The van der Waals surface area contributed by atoms with Crippen LogP contribution in [0.2, 0.25) is 0 Å². The topological polar surface area (TPSA) is 61.0 Å². The van der Waals surface area contributed by atoms with Gasteiger partial charge in [-0.2, -0.15) is 0 Å². The Kier molecular flexibility index (Phi) is 3.82. The van der Waals surface area contributed by atoms with Crippen LogP contribution in [0.1, 0.15) is 42.1 Å². The van der Waals surface area contributed by atoms with Crippen molar-refractivity contribution in [2.75, 3.05) is 12.8 Å². The lowest BCUT2D eigenvalue weighted by Crippen LogP contribution is -2.08. The maximum absolute atomic E-state index is 6.06. The van der Waals surface area contributed by atoms with Gasteiger partial charge in [-0.05, 0) is 25.8 Å². The minimum Gasteiger partial charge on any atom is -0.383 e. The van der Waals surface area contributed by atoms with Crippen molar-refractivity contribution in [3.63, 3.8) is 0 Å². The number of aryl methyl sites for hydroxylation is 2. The Morgan fingerprint density at radius 3 is 2.67 bits per heavy atom. The van der Waals surface area contributed by atoms with Gasteiger partial charge in [0.15, 0.2) is 5.82 Å². The quantitative estimate of drug-likeness (QED) is 0.920. The van der Waals surface area contributed by atoms with Crippen LogP contribution >= 0.6 is 11.3 Å². The van der Waals surface area contributed by atoms with Gasteiger partial charge in [0.05, 0.1) is 5.39 Å². The molecule has 4 nitrogen and oxygen atoms in total. The van der Waals surface area contributed by atoms with Gasteiger partial charge < -0.3 is 10.5 Å². The van der Waals surface area contributed by atoms with Crippen molar-refractivity contribution in [2.24, 2.45) is 0 Å². The van der Waals surface area contributed by atoms with E-state index in [-0.39, 0.29) is 6.10 Å². The third-order valence-corrected chi connectivity index (χ3v) is 4.30. The molecular formula is C13H19N3OS. The van der Waals surface area contributed by atoms with Gasteiger partial charge >= 0.3 is 0 Å². The van der Waals surface area contributed by atoms with E-state index >= 15 is 0 Å². The molecule has 0 aliphatic rings. The highest BCUT2D eigenvalue weighted by molar-refractivity contribution is 7.18. The average Bonchev–Trinajstić information content (AvgIpc) is 2.62. The number of nitrogen functional groups attached to an aromatic ring is 1. The van der Waals surface area contributed by atoms with Crippen LogP contribution in [0.15, 0.2) is 0 Å². The summed E-state index contributed by atoms with van der Waals surface area (Å²) in [5, 5.41) is 0.993. The van der Waals surface area contributed by atoms with E-state index in [1.165, 1.54) is 10.4 Å². The van der Waals surface area contributed by atoms with Gasteiger partial charge in [0, 0.05) is 12.0 Å². The second kappa shape index (κ2) is 5.20. The standard InChI is InChI=1S/C13H19N3OS/c1-5-6-9(17-4)12-15-11(14)10-7(2)8(3)18-13(10)16-12/h9H,5-6H2,1-4H3,(H2,14,15,16). The molecule has 0 aliphatic heterocycles. The zero-order valence-electron chi connectivity index (χ0n) is 11.3. The summed E-state index contributed by atoms with van der Waals surface area (Å²) in [7, 11) is 1.69. The van der Waals surface area contributed by atoms with Gasteiger partial charge in [-0.15, -0.1) is 11.3 Å². The molecule has 0 aromatic carbocycles. The fourth-order valence-corrected chi connectivity index (χ4v) is 3.10. The van der Waals surface area contributed by atoms with Crippen molar-refractivity contribution in [2.45, 2.75) is 39.7 Å². The van der Waals surface area contributed by atoms with E-state index in [0.29, 0.717) is 11.6 Å². The largest absolute Gasteiger partial charge is 0.383 e. The van der Waals surface area contributed by atoms with Crippen LogP contribution in [-0.4, -0.2) is 17.1 Å². The van der Waals surface area contributed by atoms with E-state index < -0.39 is 0 Å². The number of aromatic nitrogens is 2. The van der Waals surface area contributed by atoms with E-state index in [4.69, 9.17) is 10.5 Å². The van der Waals surface area contributed by atoms with E-state index in [9.17, 15) is 0 Å². The van der Waals surface area contributed by atoms with Crippen LogP contribution in [0.25, 0.3) is 10.2 Å². The first-order valence-electron chi connectivity index (χ1n) is 6.14. The van der Waals surface area contributed by atoms with Crippen molar-refractivity contribution < 1.29 is 4.74 Å². The zero-order chi connectivity index (χ0) is 13.3. The van der Waals surface area contributed by atoms with Gasteiger partial charge in [0.1, 0.15) is 16.8 Å². The molecule has 1 atom stereocenters. The number of hydrogen-bond acceptors (Lipinski definition) is 5. The van der Waals surface area contributed by atoms with Crippen molar-refractivity contribution in [3.05, 3.63) is 16.3 Å². The highest BCUT2D eigenvalue weighted by Gasteiger charge is 2.18. The summed E-state index contributed by atoms with van der Waals surface area (Å²) in [6.45, 7) is 6.27. The molecule has 98 valence electrons. The highest BCUT2D eigenvalue weighted by Crippen LogP contribution is 2.33. The Hall–Kier alpha value is -1.20. The molecule has 0 saturated carbocycles. The van der Waals surface area contributed by atoms with Gasteiger partial charge in [-0.1, -0.05) is 13.3 Å². The Morgan fingerprint density at radius 2 is 2.06 bits per heavy atom. The van der Waals surface area contributed by atoms with Crippen LogP contribution in [0.4, 0.5) is 5.82 Å². The number of thiophene rings is 1. The molecule has 0 fully saturated rings. The molecule has 0 amide bonds. The van der Waals surface area contributed by atoms with E-state index in [0.717, 1.165) is 23.1 Å². The van der Waals surface area contributed by atoms with E-state index in [1.54, 1.807) is 18.4 Å². The summed E-state index contributed by atoms with van der Waals surface area (Å²) in [6.07, 6.45) is 1.87. The first kappa shape index (κ1) is 13.2. The smallest absolute Gasteiger partial charge is 0.161 e. The molecule has 2 N–H and O–H groups in total. The number of fused-ring (bicyclic) bond motifs is 1. The number of methoxy groups -OCH3 is 1. The Bertz CT molecular complexity index is 565. The summed E-state index contributed by atoms with van der Waals surface area (Å²) in [4.78, 5) is 11.2. The molecule has 0 spiro atoms. The lowest BCUT2D eigenvalue weighted by Gasteiger charge is -2.13. The van der Waals surface area contributed by atoms with Crippen molar-refractivity contribution in [1.82, 2.24) is 9.97 Å². The fourth-order valence-electron chi connectivity index (χ4n) is 2.06. The molecule has 0 saturated heterocycles. The number of hydrogen-bond donors (Lipinski definition) is 1. The molecule has 2 rings (SSSR count). The average molecular weight is 265 g/mol. The summed E-state index contributed by atoms with van der Waals surface area (Å²) < 4.78 is 5.44. The molecule has 2 heterocycles. The zero-order valence-corrected chi connectivity index (χ0v) is 12.1. The molecule has 2 aromatic heterocycles. The maximum Gasteiger partial charge on any atom is 0.161 e. The molecule has 18 heavy (non-hydrogen) atoms. The minimum absolute atomic E-state index is 0.0654. The lowest BCUT2D eigenvalue weighted by atomic mass is 10.2. The van der Waals surface area contributed by atoms with Crippen LogP contribution < -0.4 is 5.73 Å². The SMILES string of the molecule is CCCC(OC)c1nc(N)c2c(C)c(C)sc2n1. The monoisotopic (exact) mass is 265 g/mol. The number of nitrogens with two attached hydrogens (primary N) is 1. The minimum atomic E-state index is -0.0654. The second-order valence-corrected chi connectivity index (χ2v) is 5.65. The number of nitrogens with zero attached hydrogens (tertiary/aromatic N) is 2. The van der Waals surface area contributed by atoms with Gasteiger partial charge in [0.2, 0.25) is 0 Å². The van der Waals surface area contributed by atoms with E-state index in [2.05, 4.69) is 30.7 Å². The third kappa shape index (κ3) is 2.20. The van der Waals surface area contributed by atoms with Crippen LogP contribution in [-0.2, 0) is 4.74 Å². The third-order valence-electron chi connectivity index (χ3n) is 3.20. The summed E-state index contributed by atoms with van der Waals surface area (Å²) in [6, 6.07) is 0. The van der Waals surface area contributed by atoms with Gasteiger partial charge in [-0.25, -0.2) is 9.97 Å². The first-order chi connectivity index (χ1) is 8.58. The highest BCUT2D eigenvalue weighted by atomic mass is 32.1. The second-order valence-electron chi connectivity index (χ2n) is 4.44. The van der Waals surface area contributed by atoms with Crippen molar-refractivity contribution in [1.29, 1.82) is 0 Å². The maximum atomic E-state index is 6.06. The normalized spacial score (nSPS) is 13.1. The number of ether oxygens (including phenoxy) is 1. The van der Waals surface area contributed by atoms with Gasteiger partial charge in [-0.3, -0.25) is 0 Å². The van der Waals surface area contributed by atoms with E-state index in [1.807, 2.05) is 0 Å². The summed E-state index contributed by atoms with van der Waals surface area (Å²) >= 11 is 1.67.